The van der Waals surface area contributed by atoms with Gasteiger partial charge in [0, 0.05) is 6.61 Å². The Morgan fingerprint density at radius 3 is 2.18 bits per heavy atom. The molecular weight excluding hydrogens is 182 g/mol. The van der Waals surface area contributed by atoms with Crippen LogP contribution >= 0.6 is 7.82 Å². The van der Waals surface area contributed by atoms with E-state index in [-0.39, 0.29) is 42.8 Å². The number of rotatable bonds is 5. The van der Waals surface area contributed by atoms with E-state index in [1.54, 1.807) is 0 Å². The van der Waals surface area contributed by atoms with Crippen molar-refractivity contribution in [2.24, 2.45) is 0 Å². The molecule has 0 aliphatic carbocycles. The van der Waals surface area contributed by atoms with Crippen molar-refractivity contribution in [2.75, 3.05) is 13.2 Å². The normalized spacial score (nSPS) is 10.8. The van der Waals surface area contributed by atoms with Crippen molar-refractivity contribution in [3.05, 3.63) is 0 Å². The van der Waals surface area contributed by atoms with E-state index >= 15 is 0 Å². The Bertz CT molecular complexity index is 124. The van der Waals surface area contributed by atoms with Gasteiger partial charge in [0.1, 0.15) is 0 Å². The van der Waals surface area contributed by atoms with Gasteiger partial charge in [-0.25, -0.2) is 4.57 Å². The van der Waals surface area contributed by atoms with Crippen molar-refractivity contribution in [3.8, 4) is 0 Å². The van der Waals surface area contributed by atoms with E-state index in [0.717, 1.165) is 0 Å². The number of hydrogen-bond acceptors (Lipinski definition) is 3. The first-order valence-electron chi connectivity index (χ1n) is 2.87. The third-order valence-corrected chi connectivity index (χ3v) is 1.33. The van der Waals surface area contributed by atoms with Gasteiger partial charge in [0.05, 0.1) is 6.61 Å². The molecule has 0 aliphatic heterocycles. The molecule has 0 spiro atoms. The molecule has 0 aromatic carbocycles. The standard InChI is InChI=1S/C4H11O5P.Na.H/c5-3-1-2-4-9-10(6,7)8;;/h5H,1-4H2,(H2,6,7,8);;. The van der Waals surface area contributed by atoms with E-state index < -0.39 is 7.82 Å². The fourth-order valence-corrected chi connectivity index (χ4v) is 0.764. The molecule has 0 rings (SSSR count). The summed E-state index contributed by atoms with van der Waals surface area (Å²) in [6.45, 7) is 0.00928. The monoisotopic (exact) mass is 194 g/mol. The fraction of sp³-hybridized carbons (Fsp3) is 1.00. The molecule has 64 valence electrons. The summed E-state index contributed by atoms with van der Waals surface area (Å²) in [6.07, 6.45) is 0.960. The molecule has 0 saturated heterocycles. The molecular formula is C4H12NaO5P. The van der Waals surface area contributed by atoms with Gasteiger partial charge in [-0.2, -0.15) is 0 Å². The van der Waals surface area contributed by atoms with Crippen LogP contribution in [-0.2, 0) is 9.09 Å². The Morgan fingerprint density at radius 1 is 1.27 bits per heavy atom. The van der Waals surface area contributed by atoms with Crippen LogP contribution in [-0.4, -0.2) is 57.7 Å². The van der Waals surface area contributed by atoms with Crippen LogP contribution in [0.5, 0.6) is 0 Å². The summed E-state index contributed by atoms with van der Waals surface area (Å²) >= 11 is 0. The molecule has 0 saturated carbocycles. The van der Waals surface area contributed by atoms with Gasteiger partial charge in [0.2, 0.25) is 0 Å². The van der Waals surface area contributed by atoms with Gasteiger partial charge in [-0.15, -0.1) is 0 Å². The fourth-order valence-electron chi connectivity index (χ4n) is 0.397. The van der Waals surface area contributed by atoms with Gasteiger partial charge < -0.3 is 14.9 Å². The van der Waals surface area contributed by atoms with Gasteiger partial charge in [-0.05, 0) is 12.8 Å². The van der Waals surface area contributed by atoms with Crippen molar-refractivity contribution < 1.29 is 24.0 Å². The molecule has 0 unspecified atom stereocenters. The molecule has 0 aliphatic rings. The third-order valence-electron chi connectivity index (χ3n) is 0.812. The summed E-state index contributed by atoms with van der Waals surface area (Å²) < 4.78 is 14.1. The summed E-state index contributed by atoms with van der Waals surface area (Å²) in [5, 5.41) is 8.25. The number of aliphatic hydroxyl groups excluding tert-OH is 1. The van der Waals surface area contributed by atoms with Gasteiger partial charge in [-0.1, -0.05) is 0 Å². The molecule has 11 heavy (non-hydrogen) atoms. The van der Waals surface area contributed by atoms with Crippen LogP contribution in [0.1, 0.15) is 12.8 Å². The number of hydrogen-bond donors (Lipinski definition) is 3. The molecule has 0 bridgehead atoms. The van der Waals surface area contributed by atoms with E-state index in [4.69, 9.17) is 14.9 Å². The van der Waals surface area contributed by atoms with Gasteiger partial charge in [-0.3, -0.25) is 4.52 Å². The Hall–Kier alpha value is 1.07. The molecule has 0 atom stereocenters. The minimum absolute atomic E-state index is 0. The first-order valence-corrected chi connectivity index (χ1v) is 4.40. The van der Waals surface area contributed by atoms with Crippen LogP contribution in [0.25, 0.3) is 0 Å². The van der Waals surface area contributed by atoms with Crippen molar-refractivity contribution in [3.63, 3.8) is 0 Å². The molecule has 5 nitrogen and oxygen atoms in total. The van der Waals surface area contributed by atoms with Crippen molar-refractivity contribution >= 4 is 37.4 Å². The number of phosphoric ester groups is 1. The molecule has 0 heterocycles. The van der Waals surface area contributed by atoms with E-state index in [9.17, 15) is 4.57 Å². The number of aliphatic hydroxyl groups is 1. The van der Waals surface area contributed by atoms with Gasteiger partial charge in [0.15, 0.2) is 0 Å². The van der Waals surface area contributed by atoms with Crippen LogP contribution < -0.4 is 0 Å². The Kier molecular flexibility index (Phi) is 10.2. The SMILES string of the molecule is O=P(O)(O)OCCCCO.[NaH]. The van der Waals surface area contributed by atoms with Crippen LogP contribution in [0.4, 0.5) is 0 Å². The van der Waals surface area contributed by atoms with Crippen LogP contribution in [0.2, 0.25) is 0 Å². The Morgan fingerprint density at radius 2 is 1.82 bits per heavy atom. The summed E-state index contributed by atoms with van der Waals surface area (Å²) in [4.78, 5) is 16.3. The minimum atomic E-state index is -4.29. The van der Waals surface area contributed by atoms with E-state index in [2.05, 4.69) is 4.52 Å². The zero-order valence-corrected chi connectivity index (χ0v) is 6.33. The molecule has 0 aromatic heterocycles. The molecule has 3 N–H and O–H groups in total. The van der Waals surface area contributed by atoms with Crippen molar-refractivity contribution in [2.45, 2.75) is 12.8 Å². The van der Waals surface area contributed by atoms with E-state index in [1.165, 1.54) is 0 Å². The quantitative estimate of drug-likeness (QED) is 0.303. The van der Waals surface area contributed by atoms with Crippen LogP contribution in [0.15, 0.2) is 0 Å². The summed E-state index contributed by atoms with van der Waals surface area (Å²) in [5.74, 6) is 0. The molecule has 7 heteroatoms. The summed E-state index contributed by atoms with van der Waals surface area (Å²) in [5.41, 5.74) is 0. The van der Waals surface area contributed by atoms with Gasteiger partial charge >= 0.3 is 37.4 Å². The van der Waals surface area contributed by atoms with Crippen molar-refractivity contribution in [1.29, 1.82) is 0 Å². The first kappa shape index (κ1) is 14.6. The zero-order valence-electron chi connectivity index (χ0n) is 5.43. The third kappa shape index (κ3) is 14.0. The second kappa shape index (κ2) is 7.71. The second-order valence-electron chi connectivity index (χ2n) is 1.75. The van der Waals surface area contributed by atoms with Gasteiger partial charge in [0.25, 0.3) is 0 Å². The maximum absolute atomic E-state index is 10.0. The zero-order chi connectivity index (χ0) is 8.04. The predicted molar refractivity (Wildman–Crippen MR) is 41.5 cm³/mol. The second-order valence-corrected chi connectivity index (χ2v) is 2.99. The number of phosphoric acid groups is 1. The maximum atomic E-state index is 10.0. The molecule has 0 aromatic rings. The molecule has 0 fully saturated rings. The topological polar surface area (TPSA) is 87.0 Å². The molecule has 0 radical (unpaired) electrons. The van der Waals surface area contributed by atoms with Crippen molar-refractivity contribution in [1.82, 2.24) is 0 Å². The first-order chi connectivity index (χ1) is 4.56. The predicted octanol–water partition coefficient (Wildman–Crippen LogP) is -0.780. The van der Waals surface area contributed by atoms with E-state index in [1.807, 2.05) is 0 Å². The Balaban J connectivity index is 0. The summed E-state index contributed by atoms with van der Waals surface area (Å²) in [7, 11) is -4.29. The Labute approximate surface area is 87.3 Å². The summed E-state index contributed by atoms with van der Waals surface area (Å²) in [6, 6.07) is 0. The van der Waals surface area contributed by atoms with Crippen LogP contribution in [0.3, 0.4) is 0 Å². The average Bonchev–Trinajstić information content (AvgIpc) is 1.78. The average molecular weight is 194 g/mol. The van der Waals surface area contributed by atoms with E-state index in [0.29, 0.717) is 12.8 Å². The molecule has 0 amide bonds. The van der Waals surface area contributed by atoms with Crippen LogP contribution in [0, 0.1) is 0 Å². The number of unbranched alkanes of at least 4 members (excludes halogenated alkanes) is 1.